The average molecular weight is 362 g/mol. The maximum atomic E-state index is 6.23. The summed E-state index contributed by atoms with van der Waals surface area (Å²) in [5.41, 5.74) is 2.46. The SMILES string of the molecule is CN1CCN(CCn2c3ccc(Cl)cc3c3cc(Cl)ccc32)CC1. The molecule has 0 spiro atoms. The van der Waals surface area contributed by atoms with Gasteiger partial charge in [0.25, 0.3) is 0 Å². The molecule has 0 N–H and O–H groups in total. The van der Waals surface area contributed by atoms with E-state index in [0.29, 0.717) is 0 Å². The van der Waals surface area contributed by atoms with Crippen LogP contribution in [-0.2, 0) is 6.54 Å². The Morgan fingerprint density at radius 1 is 0.792 bits per heavy atom. The van der Waals surface area contributed by atoms with Crippen molar-refractivity contribution < 1.29 is 0 Å². The summed E-state index contributed by atoms with van der Waals surface area (Å²) in [5.74, 6) is 0. The van der Waals surface area contributed by atoms with E-state index in [4.69, 9.17) is 23.2 Å². The monoisotopic (exact) mass is 361 g/mol. The topological polar surface area (TPSA) is 11.4 Å². The third-order valence-corrected chi connectivity index (χ3v) is 5.49. The second-order valence-electron chi connectivity index (χ2n) is 6.62. The van der Waals surface area contributed by atoms with Gasteiger partial charge in [0.1, 0.15) is 0 Å². The highest BCUT2D eigenvalue weighted by Gasteiger charge is 2.16. The molecule has 2 aromatic carbocycles. The van der Waals surface area contributed by atoms with Gasteiger partial charge in [0, 0.05) is 71.1 Å². The first kappa shape index (κ1) is 16.2. The first-order valence-corrected chi connectivity index (χ1v) is 9.15. The van der Waals surface area contributed by atoms with Crippen molar-refractivity contribution in [3.8, 4) is 0 Å². The van der Waals surface area contributed by atoms with Crippen LogP contribution in [0.1, 0.15) is 0 Å². The molecule has 0 aliphatic carbocycles. The minimum atomic E-state index is 0.764. The molecule has 1 saturated heterocycles. The van der Waals surface area contributed by atoms with E-state index in [2.05, 4.69) is 33.5 Å². The molecule has 3 aromatic rings. The standard InChI is InChI=1S/C19H21Cl2N3/c1-22-6-8-23(9-7-22)10-11-24-18-4-2-14(20)12-16(18)17-13-15(21)3-5-19(17)24/h2-5,12-13H,6-11H2,1H3. The summed E-state index contributed by atoms with van der Waals surface area (Å²) < 4.78 is 2.40. The molecule has 0 bridgehead atoms. The molecule has 0 amide bonds. The predicted octanol–water partition coefficient (Wildman–Crippen LogP) is 4.35. The van der Waals surface area contributed by atoms with E-state index >= 15 is 0 Å². The van der Waals surface area contributed by atoms with E-state index < -0.39 is 0 Å². The van der Waals surface area contributed by atoms with Crippen LogP contribution in [0.15, 0.2) is 36.4 Å². The Balaban J connectivity index is 1.70. The second kappa shape index (κ2) is 6.57. The van der Waals surface area contributed by atoms with Gasteiger partial charge in [0.2, 0.25) is 0 Å². The van der Waals surface area contributed by atoms with E-state index in [1.807, 2.05) is 24.3 Å². The Bertz CT molecular complexity index is 820. The Morgan fingerprint density at radius 2 is 1.33 bits per heavy atom. The maximum Gasteiger partial charge on any atom is 0.0492 e. The Labute approximate surface area is 152 Å². The van der Waals surface area contributed by atoms with Crippen LogP contribution in [0.5, 0.6) is 0 Å². The van der Waals surface area contributed by atoms with E-state index in [1.54, 1.807) is 0 Å². The van der Waals surface area contributed by atoms with Gasteiger partial charge < -0.3 is 9.47 Å². The number of benzene rings is 2. The predicted molar refractivity (Wildman–Crippen MR) is 103 cm³/mol. The van der Waals surface area contributed by atoms with Crippen LogP contribution in [0.25, 0.3) is 21.8 Å². The van der Waals surface area contributed by atoms with Gasteiger partial charge in [0.05, 0.1) is 0 Å². The number of hydrogen-bond donors (Lipinski definition) is 0. The zero-order chi connectivity index (χ0) is 16.7. The molecule has 1 fully saturated rings. The third kappa shape index (κ3) is 3.02. The van der Waals surface area contributed by atoms with Crippen molar-refractivity contribution in [1.29, 1.82) is 0 Å². The lowest BCUT2D eigenvalue weighted by atomic mass is 10.1. The fourth-order valence-corrected chi connectivity index (χ4v) is 3.95. The van der Waals surface area contributed by atoms with E-state index in [1.165, 1.54) is 21.8 Å². The zero-order valence-electron chi connectivity index (χ0n) is 13.8. The van der Waals surface area contributed by atoms with Crippen LogP contribution in [-0.4, -0.2) is 54.1 Å². The summed E-state index contributed by atoms with van der Waals surface area (Å²) in [6, 6.07) is 12.3. The Morgan fingerprint density at radius 3 is 1.88 bits per heavy atom. The van der Waals surface area contributed by atoms with Crippen LogP contribution < -0.4 is 0 Å². The van der Waals surface area contributed by atoms with E-state index in [-0.39, 0.29) is 0 Å². The van der Waals surface area contributed by atoms with E-state index in [0.717, 1.165) is 49.3 Å². The number of aromatic nitrogens is 1. The molecule has 4 rings (SSSR count). The van der Waals surface area contributed by atoms with Crippen molar-refractivity contribution in [2.75, 3.05) is 39.8 Å². The summed E-state index contributed by atoms with van der Waals surface area (Å²) in [5, 5.41) is 3.89. The summed E-state index contributed by atoms with van der Waals surface area (Å²) in [4.78, 5) is 4.93. The average Bonchev–Trinajstić information content (AvgIpc) is 2.87. The molecule has 24 heavy (non-hydrogen) atoms. The lowest BCUT2D eigenvalue weighted by molar-refractivity contribution is 0.151. The van der Waals surface area contributed by atoms with Gasteiger partial charge >= 0.3 is 0 Å². The largest absolute Gasteiger partial charge is 0.339 e. The molecule has 0 atom stereocenters. The fraction of sp³-hybridized carbons (Fsp3) is 0.368. The van der Waals surface area contributed by atoms with Crippen molar-refractivity contribution in [3.63, 3.8) is 0 Å². The molecular formula is C19H21Cl2N3. The molecule has 0 radical (unpaired) electrons. The number of nitrogens with zero attached hydrogens (tertiary/aromatic N) is 3. The molecule has 5 heteroatoms. The Hall–Kier alpha value is -1.26. The third-order valence-electron chi connectivity index (χ3n) is 5.02. The molecular weight excluding hydrogens is 341 g/mol. The second-order valence-corrected chi connectivity index (χ2v) is 7.49. The molecule has 0 saturated carbocycles. The number of fused-ring (bicyclic) bond motifs is 3. The van der Waals surface area contributed by atoms with Crippen LogP contribution in [0.4, 0.5) is 0 Å². The van der Waals surface area contributed by atoms with Crippen LogP contribution in [0.2, 0.25) is 10.0 Å². The number of piperazine rings is 1. The number of halogens is 2. The van der Waals surface area contributed by atoms with Crippen molar-refractivity contribution in [1.82, 2.24) is 14.4 Å². The Kier molecular flexibility index (Phi) is 4.44. The van der Waals surface area contributed by atoms with Crippen molar-refractivity contribution >= 4 is 45.0 Å². The first-order valence-electron chi connectivity index (χ1n) is 8.40. The molecule has 1 aromatic heterocycles. The molecule has 0 unspecified atom stereocenters. The van der Waals surface area contributed by atoms with Gasteiger partial charge in [-0.05, 0) is 43.4 Å². The van der Waals surface area contributed by atoms with Crippen LogP contribution in [0.3, 0.4) is 0 Å². The van der Waals surface area contributed by atoms with Gasteiger partial charge in [-0.15, -0.1) is 0 Å². The van der Waals surface area contributed by atoms with Crippen LogP contribution in [0, 0.1) is 0 Å². The molecule has 1 aliphatic heterocycles. The first-order chi connectivity index (χ1) is 11.6. The van der Waals surface area contributed by atoms with Crippen molar-refractivity contribution in [3.05, 3.63) is 46.4 Å². The highest BCUT2D eigenvalue weighted by molar-refractivity contribution is 6.33. The smallest absolute Gasteiger partial charge is 0.0492 e. The van der Waals surface area contributed by atoms with Gasteiger partial charge in [-0.2, -0.15) is 0 Å². The quantitative estimate of drug-likeness (QED) is 0.686. The summed E-state index contributed by atoms with van der Waals surface area (Å²) in [7, 11) is 2.19. The molecule has 3 nitrogen and oxygen atoms in total. The minimum absolute atomic E-state index is 0.764. The zero-order valence-corrected chi connectivity index (χ0v) is 15.3. The van der Waals surface area contributed by atoms with Gasteiger partial charge in [0.15, 0.2) is 0 Å². The van der Waals surface area contributed by atoms with Crippen LogP contribution >= 0.6 is 23.2 Å². The fourth-order valence-electron chi connectivity index (χ4n) is 3.60. The summed E-state index contributed by atoms with van der Waals surface area (Å²) in [6.45, 7) is 6.64. The van der Waals surface area contributed by atoms with Gasteiger partial charge in [-0.3, -0.25) is 4.90 Å². The molecule has 2 heterocycles. The number of likely N-dealkylation sites (N-methyl/N-ethyl adjacent to an activating group) is 1. The minimum Gasteiger partial charge on any atom is -0.339 e. The molecule has 126 valence electrons. The lowest BCUT2D eigenvalue weighted by Gasteiger charge is -2.32. The number of rotatable bonds is 3. The van der Waals surface area contributed by atoms with Crippen molar-refractivity contribution in [2.45, 2.75) is 6.54 Å². The highest BCUT2D eigenvalue weighted by Crippen LogP contribution is 2.32. The maximum absolute atomic E-state index is 6.23. The highest BCUT2D eigenvalue weighted by atomic mass is 35.5. The summed E-state index contributed by atoms with van der Waals surface area (Å²) in [6.07, 6.45) is 0. The van der Waals surface area contributed by atoms with Crippen molar-refractivity contribution in [2.24, 2.45) is 0 Å². The van der Waals surface area contributed by atoms with Gasteiger partial charge in [-0.25, -0.2) is 0 Å². The molecule has 1 aliphatic rings. The van der Waals surface area contributed by atoms with Gasteiger partial charge in [-0.1, -0.05) is 23.2 Å². The normalized spacial score (nSPS) is 17.1. The summed E-state index contributed by atoms with van der Waals surface area (Å²) >= 11 is 12.5. The van der Waals surface area contributed by atoms with E-state index in [9.17, 15) is 0 Å². The lowest BCUT2D eigenvalue weighted by Crippen LogP contribution is -2.45. The number of hydrogen-bond acceptors (Lipinski definition) is 2.